The number of rotatable bonds is 2. The summed E-state index contributed by atoms with van der Waals surface area (Å²) in [5.41, 5.74) is 1.49. The van der Waals surface area contributed by atoms with E-state index in [-0.39, 0.29) is 36.8 Å². The van der Waals surface area contributed by atoms with Gasteiger partial charge in [-0.05, 0) is 29.5 Å². The summed E-state index contributed by atoms with van der Waals surface area (Å²) in [5.74, 6) is -1.68. The van der Waals surface area contributed by atoms with Crippen LogP contribution in [0.3, 0.4) is 0 Å². The summed E-state index contributed by atoms with van der Waals surface area (Å²) in [6.07, 6.45) is 0.472. The van der Waals surface area contributed by atoms with E-state index in [1.54, 1.807) is 0 Å². The smallest absolute Gasteiger partial charge is 0.258 e. The van der Waals surface area contributed by atoms with E-state index in [1.165, 1.54) is 11.0 Å². The van der Waals surface area contributed by atoms with Gasteiger partial charge in [-0.25, -0.2) is 4.39 Å². The third-order valence-corrected chi connectivity index (χ3v) is 4.26. The molecule has 116 valence electrons. The Kier molecular flexibility index (Phi) is 3.47. The third-order valence-electron chi connectivity index (χ3n) is 4.26. The average Bonchev–Trinajstić information content (AvgIpc) is 2.76. The minimum absolute atomic E-state index is 0.0501. The van der Waals surface area contributed by atoms with Gasteiger partial charge >= 0.3 is 0 Å². The number of imide groups is 1. The van der Waals surface area contributed by atoms with Gasteiger partial charge in [-0.1, -0.05) is 19.9 Å². The molecule has 1 saturated heterocycles. The van der Waals surface area contributed by atoms with Crippen molar-refractivity contribution >= 4 is 17.7 Å². The van der Waals surface area contributed by atoms with Crippen molar-refractivity contribution in [3.63, 3.8) is 0 Å². The molecule has 3 amide bonds. The molecule has 1 fully saturated rings. The molecule has 1 aromatic rings. The normalized spacial score (nSPS) is 21.4. The van der Waals surface area contributed by atoms with Crippen molar-refractivity contribution in [3.8, 4) is 0 Å². The number of nitrogens with zero attached hydrogens (tertiary/aromatic N) is 1. The number of piperidine rings is 1. The van der Waals surface area contributed by atoms with Crippen LogP contribution in [0.1, 0.15) is 54.1 Å². The number of hydrogen-bond acceptors (Lipinski definition) is 3. The lowest BCUT2D eigenvalue weighted by molar-refractivity contribution is -0.136. The van der Waals surface area contributed by atoms with Crippen molar-refractivity contribution in [2.75, 3.05) is 0 Å². The summed E-state index contributed by atoms with van der Waals surface area (Å²) in [7, 11) is 0. The maximum atomic E-state index is 14.3. The van der Waals surface area contributed by atoms with Crippen molar-refractivity contribution in [2.24, 2.45) is 0 Å². The number of halogens is 1. The van der Waals surface area contributed by atoms with Crippen LogP contribution in [-0.2, 0) is 16.1 Å². The number of nitrogens with one attached hydrogen (secondary N) is 1. The highest BCUT2D eigenvalue weighted by atomic mass is 19.1. The molecule has 0 radical (unpaired) electrons. The Hall–Kier alpha value is -2.24. The zero-order chi connectivity index (χ0) is 16.0. The summed E-state index contributed by atoms with van der Waals surface area (Å²) in [5, 5.41) is 2.23. The fourth-order valence-corrected chi connectivity index (χ4v) is 3.01. The van der Waals surface area contributed by atoms with Crippen LogP contribution in [-0.4, -0.2) is 28.7 Å². The van der Waals surface area contributed by atoms with Gasteiger partial charge in [0, 0.05) is 13.0 Å². The van der Waals surface area contributed by atoms with E-state index in [4.69, 9.17) is 0 Å². The molecular weight excluding hydrogens is 287 g/mol. The second-order valence-electron chi connectivity index (χ2n) is 6.09. The fourth-order valence-electron chi connectivity index (χ4n) is 3.01. The molecule has 0 saturated carbocycles. The van der Waals surface area contributed by atoms with E-state index in [9.17, 15) is 18.8 Å². The van der Waals surface area contributed by atoms with Gasteiger partial charge in [-0.2, -0.15) is 0 Å². The van der Waals surface area contributed by atoms with Crippen LogP contribution in [0, 0.1) is 5.82 Å². The molecule has 5 nitrogen and oxygen atoms in total. The summed E-state index contributed by atoms with van der Waals surface area (Å²) >= 11 is 0. The largest absolute Gasteiger partial charge is 0.322 e. The highest BCUT2D eigenvalue weighted by Crippen LogP contribution is 2.31. The molecule has 1 aromatic carbocycles. The molecule has 1 unspecified atom stereocenters. The van der Waals surface area contributed by atoms with Crippen LogP contribution in [0.25, 0.3) is 0 Å². The first kappa shape index (κ1) is 14.7. The zero-order valence-corrected chi connectivity index (χ0v) is 12.5. The van der Waals surface area contributed by atoms with Crippen molar-refractivity contribution in [3.05, 3.63) is 34.6 Å². The minimum Gasteiger partial charge on any atom is -0.322 e. The summed E-state index contributed by atoms with van der Waals surface area (Å²) in [6.45, 7) is 4.11. The average molecular weight is 304 g/mol. The Labute approximate surface area is 127 Å². The Morgan fingerprint density at radius 3 is 2.64 bits per heavy atom. The topological polar surface area (TPSA) is 66.5 Å². The van der Waals surface area contributed by atoms with Gasteiger partial charge in [-0.3, -0.25) is 19.7 Å². The molecule has 0 aliphatic carbocycles. The molecule has 2 aliphatic heterocycles. The lowest BCUT2D eigenvalue weighted by Gasteiger charge is -2.29. The van der Waals surface area contributed by atoms with E-state index in [2.05, 4.69) is 5.32 Å². The lowest BCUT2D eigenvalue weighted by atomic mass is 9.98. The standard InChI is InChI=1S/C16H17FN2O3/c1-8(2)9-5-10-7-19(16(22)14(10)11(17)6-9)12-3-4-13(20)18-15(12)21/h5-6,8,12H,3-4,7H2,1-2H3,(H,18,20,21). The van der Waals surface area contributed by atoms with Crippen molar-refractivity contribution in [2.45, 2.75) is 45.2 Å². The molecule has 2 heterocycles. The van der Waals surface area contributed by atoms with Crippen LogP contribution >= 0.6 is 0 Å². The number of fused-ring (bicyclic) bond motifs is 1. The van der Waals surface area contributed by atoms with E-state index < -0.39 is 23.7 Å². The Morgan fingerprint density at radius 1 is 1.27 bits per heavy atom. The van der Waals surface area contributed by atoms with E-state index in [0.717, 1.165) is 5.56 Å². The van der Waals surface area contributed by atoms with Crippen molar-refractivity contribution in [1.82, 2.24) is 10.2 Å². The van der Waals surface area contributed by atoms with Gasteiger partial charge < -0.3 is 4.90 Å². The van der Waals surface area contributed by atoms with Crippen LogP contribution < -0.4 is 5.32 Å². The van der Waals surface area contributed by atoms with E-state index in [1.807, 2.05) is 19.9 Å². The number of benzene rings is 1. The van der Waals surface area contributed by atoms with Gasteiger partial charge in [0.2, 0.25) is 11.8 Å². The number of amides is 3. The van der Waals surface area contributed by atoms with Crippen LogP contribution in [0.15, 0.2) is 12.1 Å². The first-order chi connectivity index (χ1) is 10.4. The highest BCUT2D eigenvalue weighted by molar-refractivity contribution is 6.05. The van der Waals surface area contributed by atoms with Gasteiger partial charge in [0.15, 0.2) is 0 Å². The zero-order valence-electron chi connectivity index (χ0n) is 12.5. The monoisotopic (exact) mass is 304 g/mol. The Bertz CT molecular complexity index is 684. The third kappa shape index (κ3) is 2.28. The lowest BCUT2D eigenvalue weighted by Crippen LogP contribution is -2.52. The van der Waals surface area contributed by atoms with Gasteiger partial charge in [-0.15, -0.1) is 0 Å². The summed E-state index contributed by atoms with van der Waals surface area (Å²) in [4.78, 5) is 36.9. The summed E-state index contributed by atoms with van der Waals surface area (Å²) in [6, 6.07) is 2.50. The summed E-state index contributed by atoms with van der Waals surface area (Å²) < 4.78 is 14.3. The second-order valence-corrected chi connectivity index (χ2v) is 6.09. The van der Waals surface area contributed by atoms with Crippen LogP contribution in [0.5, 0.6) is 0 Å². The Morgan fingerprint density at radius 2 is 2.00 bits per heavy atom. The van der Waals surface area contributed by atoms with Crippen molar-refractivity contribution < 1.29 is 18.8 Å². The molecule has 1 N–H and O–H groups in total. The SMILES string of the molecule is CC(C)c1cc(F)c2c(c1)CN(C1CCC(=O)NC1=O)C2=O. The number of carbonyl (C=O) groups is 3. The van der Waals surface area contributed by atoms with Crippen LogP contribution in [0.4, 0.5) is 4.39 Å². The van der Waals surface area contributed by atoms with Gasteiger partial charge in [0.1, 0.15) is 11.9 Å². The number of hydrogen-bond donors (Lipinski definition) is 1. The molecule has 0 aromatic heterocycles. The molecule has 6 heteroatoms. The minimum atomic E-state index is -0.709. The predicted octanol–water partition coefficient (Wildman–Crippen LogP) is 1.71. The quantitative estimate of drug-likeness (QED) is 0.846. The first-order valence-electron chi connectivity index (χ1n) is 7.35. The van der Waals surface area contributed by atoms with Crippen LogP contribution in [0.2, 0.25) is 0 Å². The second kappa shape index (κ2) is 5.19. The maximum absolute atomic E-state index is 14.3. The molecule has 3 rings (SSSR count). The van der Waals surface area contributed by atoms with Gasteiger partial charge in [0.05, 0.1) is 5.56 Å². The molecule has 22 heavy (non-hydrogen) atoms. The molecular formula is C16H17FN2O3. The maximum Gasteiger partial charge on any atom is 0.258 e. The fraction of sp³-hybridized carbons (Fsp3) is 0.438. The first-order valence-corrected chi connectivity index (χ1v) is 7.35. The Balaban J connectivity index is 1.92. The van der Waals surface area contributed by atoms with Gasteiger partial charge in [0.25, 0.3) is 5.91 Å². The van der Waals surface area contributed by atoms with Crippen molar-refractivity contribution in [1.29, 1.82) is 0 Å². The van der Waals surface area contributed by atoms with E-state index in [0.29, 0.717) is 5.56 Å². The molecule has 0 spiro atoms. The highest BCUT2D eigenvalue weighted by Gasteiger charge is 2.40. The van der Waals surface area contributed by atoms with E-state index >= 15 is 0 Å². The molecule has 2 aliphatic rings. The number of carbonyl (C=O) groups excluding carboxylic acids is 3. The predicted molar refractivity (Wildman–Crippen MR) is 76.5 cm³/mol. The molecule has 0 bridgehead atoms. The molecule has 1 atom stereocenters.